The van der Waals surface area contributed by atoms with Gasteiger partial charge in [-0.3, -0.25) is 0 Å². The summed E-state index contributed by atoms with van der Waals surface area (Å²) in [4.78, 5) is 0. The molecule has 1 aliphatic heterocycles. The number of ether oxygens (including phenoxy) is 1. The minimum Gasteiger partial charge on any atom is -0.396 e. The second-order valence-corrected chi connectivity index (χ2v) is 4.87. The minimum absolute atomic E-state index is 0.0289. The van der Waals surface area contributed by atoms with Crippen LogP contribution in [0.4, 0.5) is 0 Å². The molecule has 84 valence electrons. The number of aliphatic hydroxyl groups excluding tert-OH is 1. The smallest absolute Gasteiger partial charge is 0.0769 e. The molecule has 1 atom stereocenters. The van der Waals surface area contributed by atoms with Gasteiger partial charge in [-0.2, -0.15) is 0 Å². The molecule has 1 aliphatic rings. The molecule has 3 heteroatoms. The summed E-state index contributed by atoms with van der Waals surface area (Å²) in [6.45, 7) is 7.27. The van der Waals surface area contributed by atoms with Crippen molar-refractivity contribution < 1.29 is 14.9 Å². The van der Waals surface area contributed by atoms with E-state index in [1.54, 1.807) is 0 Å². The van der Waals surface area contributed by atoms with Crippen molar-refractivity contribution in [3.05, 3.63) is 0 Å². The van der Waals surface area contributed by atoms with Crippen molar-refractivity contribution >= 4 is 0 Å². The maximum atomic E-state index is 10.5. The fraction of sp³-hybridized carbons (Fsp3) is 1.00. The molecule has 0 saturated carbocycles. The zero-order chi connectivity index (χ0) is 10.8. The average Bonchev–Trinajstić information content (AvgIpc) is 2.17. The van der Waals surface area contributed by atoms with Crippen LogP contribution < -0.4 is 0 Å². The van der Waals surface area contributed by atoms with Gasteiger partial charge in [0.1, 0.15) is 0 Å². The van der Waals surface area contributed by atoms with E-state index in [4.69, 9.17) is 4.74 Å². The zero-order valence-corrected chi connectivity index (χ0v) is 9.42. The fourth-order valence-corrected chi connectivity index (χ4v) is 2.15. The largest absolute Gasteiger partial charge is 0.396 e. The van der Waals surface area contributed by atoms with E-state index in [1.807, 2.05) is 20.8 Å². The lowest BCUT2D eigenvalue weighted by molar-refractivity contribution is -0.169. The van der Waals surface area contributed by atoms with E-state index in [2.05, 4.69) is 0 Å². The van der Waals surface area contributed by atoms with Crippen LogP contribution in [0.25, 0.3) is 0 Å². The Morgan fingerprint density at radius 3 is 2.21 bits per heavy atom. The van der Waals surface area contributed by atoms with Crippen LogP contribution in [0.5, 0.6) is 0 Å². The Hall–Kier alpha value is -0.120. The third-order valence-electron chi connectivity index (χ3n) is 3.99. The molecule has 0 bridgehead atoms. The second-order valence-electron chi connectivity index (χ2n) is 4.87. The highest BCUT2D eigenvalue weighted by Crippen LogP contribution is 2.43. The first-order valence-electron chi connectivity index (χ1n) is 5.37. The highest BCUT2D eigenvalue weighted by Gasteiger charge is 2.48. The van der Waals surface area contributed by atoms with Crippen LogP contribution >= 0.6 is 0 Å². The van der Waals surface area contributed by atoms with Crippen LogP contribution in [0.3, 0.4) is 0 Å². The fourth-order valence-electron chi connectivity index (χ4n) is 2.15. The molecule has 0 spiro atoms. The van der Waals surface area contributed by atoms with Crippen LogP contribution in [0.2, 0.25) is 0 Å². The van der Waals surface area contributed by atoms with Gasteiger partial charge in [0.2, 0.25) is 0 Å². The Morgan fingerprint density at radius 1 is 1.36 bits per heavy atom. The standard InChI is InChI=1S/C11H22O3/c1-9(2)10(3,8-12)11(13)4-6-14-7-5-11/h9,12-13H,4-8H2,1-3H3. The summed E-state index contributed by atoms with van der Waals surface area (Å²) >= 11 is 0. The van der Waals surface area contributed by atoms with E-state index in [0.717, 1.165) is 0 Å². The maximum absolute atomic E-state index is 10.5. The van der Waals surface area contributed by atoms with E-state index in [0.29, 0.717) is 26.1 Å². The summed E-state index contributed by atoms with van der Waals surface area (Å²) in [7, 11) is 0. The van der Waals surface area contributed by atoms with E-state index in [1.165, 1.54) is 0 Å². The molecule has 3 nitrogen and oxygen atoms in total. The van der Waals surface area contributed by atoms with Gasteiger partial charge in [0.25, 0.3) is 0 Å². The van der Waals surface area contributed by atoms with Crippen molar-refractivity contribution in [2.24, 2.45) is 11.3 Å². The summed E-state index contributed by atoms with van der Waals surface area (Å²) < 4.78 is 5.24. The molecule has 0 radical (unpaired) electrons. The van der Waals surface area contributed by atoms with Crippen LogP contribution in [0.15, 0.2) is 0 Å². The average molecular weight is 202 g/mol. The van der Waals surface area contributed by atoms with Crippen molar-refractivity contribution in [2.75, 3.05) is 19.8 Å². The molecule has 1 unspecified atom stereocenters. The molecule has 1 fully saturated rings. The van der Waals surface area contributed by atoms with Gasteiger partial charge in [-0.1, -0.05) is 20.8 Å². The lowest BCUT2D eigenvalue weighted by Gasteiger charge is -2.48. The molecule has 2 N–H and O–H groups in total. The van der Waals surface area contributed by atoms with E-state index in [-0.39, 0.29) is 12.5 Å². The molecule has 1 heterocycles. The Bertz CT molecular complexity index is 185. The molecule has 14 heavy (non-hydrogen) atoms. The molecule has 1 rings (SSSR count). The van der Waals surface area contributed by atoms with Gasteiger partial charge in [0.15, 0.2) is 0 Å². The third kappa shape index (κ3) is 1.81. The van der Waals surface area contributed by atoms with E-state index >= 15 is 0 Å². The van der Waals surface area contributed by atoms with Crippen molar-refractivity contribution in [1.29, 1.82) is 0 Å². The molecule has 0 aromatic rings. The first kappa shape index (κ1) is 12.0. The predicted molar refractivity (Wildman–Crippen MR) is 55.0 cm³/mol. The van der Waals surface area contributed by atoms with E-state index in [9.17, 15) is 10.2 Å². The SMILES string of the molecule is CC(C)C(C)(CO)C1(O)CCOCC1. The third-order valence-corrected chi connectivity index (χ3v) is 3.99. The molecular formula is C11H22O3. The van der Waals surface area contributed by atoms with Crippen molar-refractivity contribution in [3.63, 3.8) is 0 Å². The lowest BCUT2D eigenvalue weighted by Crippen LogP contribution is -2.54. The molecule has 0 aliphatic carbocycles. The Kier molecular flexibility index (Phi) is 3.56. The number of hydrogen-bond acceptors (Lipinski definition) is 3. The second kappa shape index (κ2) is 4.17. The summed E-state index contributed by atoms with van der Waals surface area (Å²) in [5.74, 6) is 0.260. The first-order chi connectivity index (χ1) is 6.46. The van der Waals surface area contributed by atoms with Gasteiger partial charge in [-0.25, -0.2) is 0 Å². The van der Waals surface area contributed by atoms with Gasteiger partial charge in [0.05, 0.1) is 12.2 Å². The molecule has 0 aromatic heterocycles. The monoisotopic (exact) mass is 202 g/mol. The molecule has 0 aromatic carbocycles. The summed E-state index contributed by atoms with van der Waals surface area (Å²) in [6, 6.07) is 0. The molecule has 0 amide bonds. The Morgan fingerprint density at radius 2 is 1.86 bits per heavy atom. The summed E-state index contributed by atoms with van der Waals surface area (Å²) in [5, 5.41) is 20.0. The minimum atomic E-state index is -0.770. The van der Waals surface area contributed by atoms with Crippen LogP contribution in [0.1, 0.15) is 33.6 Å². The van der Waals surface area contributed by atoms with Gasteiger partial charge >= 0.3 is 0 Å². The van der Waals surface area contributed by atoms with Gasteiger partial charge in [0, 0.05) is 31.5 Å². The zero-order valence-electron chi connectivity index (χ0n) is 9.42. The quantitative estimate of drug-likeness (QED) is 0.722. The topological polar surface area (TPSA) is 49.7 Å². The Labute approximate surface area is 86.1 Å². The maximum Gasteiger partial charge on any atom is 0.0769 e. The number of aliphatic hydroxyl groups is 2. The predicted octanol–water partition coefficient (Wildman–Crippen LogP) is 1.18. The molecule has 1 saturated heterocycles. The summed E-state index contributed by atoms with van der Waals surface area (Å²) in [6.07, 6.45) is 1.25. The normalized spacial score (nSPS) is 26.1. The van der Waals surface area contributed by atoms with Crippen LogP contribution in [-0.4, -0.2) is 35.6 Å². The van der Waals surface area contributed by atoms with Crippen molar-refractivity contribution in [1.82, 2.24) is 0 Å². The number of rotatable bonds is 3. The van der Waals surface area contributed by atoms with Gasteiger partial charge in [-0.05, 0) is 5.92 Å². The van der Waals surface area contributed by atoms with Crippen LogP contribution in [0, 0.1) is 11.3 Å². The highest BCUT2D eigenvalue weighted by molar-refractivity contribution is 4.98. The lowest BCUT2D eigenvalue weighted by atomic mass is 9.63. The van der Waals surface area contributed by atoms with Crippen LogP contribution in [-0.2, 0) is 4.74 Å². The van der Waals surface area contributed by atoms with E-state index < -0.39 is 11.0 Å². The van der Waals surface area contributed by atoms with Crippen molar-refractivity contribution in [2.45, 2.75) is 39.2 Å². The van der Waals surface area contributed by atoms with Gasteiger partial charge in [-0.15, -0.1) is 0 Å². The van der Waals surface area contributed by atoms with Gasteiger partial charge < -0.3 is 14.9 Å². The van der Waals surface area contributed by atoms with Crippen molar-refractivity contribution in [3.8, 4) is 0 Å². The number of hydrogen-bond donors (Lipinski definition) is 2. The Balaban J connectivity index is 2.85. The summed E-state index contributed by atoms with van der Waals surface area (Å²) in [5.41, 5.74) is -1.19. The highest BCUT2D eigenvalue weighted by atomic mass is 16.5. The molecular weight excluding hydrogens is 180 g/mol. The first-order valence-corrected chi connectivity index (χ1v) is 5.37.